The fraction of sp³-hybridized carbons (Fsp3) is 0.222. The molecule has 0 bridgehead atoms. The van der Waals surface area contributed by atoms with Gasteiger partial charge in [-0.15, -0.1) is 11.3 Å². The Hall–Kier alpha value is -2.60. The van der Waals surface area contributed by atoms with Crippen LogP contribution >= 0.6 is 11.3 Å². The van der Waals surface area contributed by atoms with Crippen LogP contribution in [0.1, 0.15) is 24.2 Å². The summed E-state index contributed by atoms with van der Waals surface area (Å²) in [5.41, 5.74) is 3.84. The number of anilines is 1. The van der Waals surface area contributed by atoms with Crippen molar-refractivity contribution in [3.05, 3.63) is 47.5 Å². The zero-order valence-electron chi connectivity index (χ0n) is 13.5. The second-order valence-electron chi connectivity index (χ2n) is 5.01. The van der Waals surface area contributed by atoms with Crippen LogP contribution in [0.15, 0.2) is 41.9 Å². The number of hydrogen-bond acceptors (Lipinski definition) is 5. The maximum atomic E-state index is 12.6. The Balaban J connectivity index is 1.87. The van der Waals surface area contributed by atoms with Crippen LogP contribution < -0.4 is 14.8 Å². The lowest BCUT2D eigenvalue weighted by atomic mass is 10.2. The molecule has 1 heterocycles. The fourth-order valence-electron chi connectivity index (χ4n) is 2.34. The van der Waals surface area contributed by atoms with Crippen LogP contribution in [0.2, 0.25) is 0 Å². The largest absolute Gasteiger partial charge is 0.494 e. The van der Waals surface area contributed by atoms with Crippen molar-refractivity contribution in [2.24, 2.45) is 0 Å². The molecule has 3 aromatic rings. The van der Waals surface area contributed by atoms with Crippen LogP contribution in [-0.4, -0.2) is 24.1 Å². The minimum Gasteiger partial charge on any atom is -0.494 e. The Morgan fingerprint density at radius 2 is 1.96 bits per heavy atom. The first-order valence-electron chi connectivity index (χ1n) is 7.75. The standard InChI is InChI=1S/C18H18N2O3S/c1-3-22-13-6-8-16(23-4-2)15(10-13)20-18(21)12-5-7-14-17(9-12)24-11-19-14/h5-11H,3-4H2,1-2H3,(H,20,21). The highest BCUT2D eigenvalue weighted by molar-refractivity contribution is 7.16. The summed E-state index contributed by atoms with van der Waals surface area (Å²) in [6, 6.07) is 10.9. The summed E-state index contributed by atoms with van der Waals surface area (Å²) in [6.45, 7) is 4.89. The van der Waals surface area contributed by atoms with Crippen molar-refractivity contribution in [3.8, 4) is 11.5 Å². The van der Waals surface area contributed by atoms with Gasteiger partial charge in [0.25, 0.3) is 5.91 Å². The number of aromatic nitrogens is 1. The fourth-order valence-corrected chi connectivity index (χ4v) is 3.05. The van der Waals surface area contributed by atoms with Gasteiger partial charge in [0.2, 0.25) is 0 Å². The molecule has 0 spiro atoms. The lowest BCUT2D eigenvalue weighted by Crippen LogP contribution is -2.13. The zero-order chi connectivity index (χ0) is 16.9. The number of benzene rings is 2. The predicted octanol–water partition coefficient (Wildman–Crippen LogP) is 4.35. The van der Waals surface area contributed by atoms with Crippen LogP contribution in [-0.2, 0) is 0 Å². The molecule has 0 radical (unpaired) electrons. The van der Waals surface area contributed by atoms with E-state index >= 15 is 0 Å². The Bertz CT molecular complexity index is 860. The number of rotatable bonds is 6. The topological polar surface area (TPSA) is 60.5 Å². The molecule has 0 unspecified atom stereocenters. The van der Waals surface area contributed by atoms with E-state index in [0.29, 0.717) is 36.0 Å². The smallest absolute Gasteiger partial charge is 0.255 e. The molecule has 0 saturated heterocycles. The molecule has 0 aliphatic carbocycles. The van der Waals surface area contributed by atoms with E-state index in [-0.39, 0.29) is 5.91 Å². The molecule has 0 atom stereocenters. The van der Waals surface area contributed by atoms with E-state index in [1.54, 1.807) is 23.7 Å². The summed E-state index contributed by atoms with van der Waals surface area (Å²) in [5, 5.41) is 2.91. The minimum absolute atomic E-state index is 0.195. The highest BCUT2D eigenvalue weighted by atomic mass is 32.1. The third kappa shape index (κ3) is 3.49. The van der Waals surface area contributed by atoms with E-state index in [9.17, 15) is 4.79 Å². The van der Waals surface area contributed by atoms with Crippen molar-refractivity contribution in [2.45, 2.75) is 13.8 Å². The van der Waals surface area contributed by atoms with Gasteiger partial charge in [-0.2, -0.15) is 0 Å². The maximum absolute atomic E-state index is 12.6. The second-order valence-corrected chi connectivity index (χ2v) is 5.90. The van der Waals surface area contributed by atoms with E-state index in [1.165, 1.54) is 11.3 Å². The van der Waals surface area contributed by atoms with Crippen molar-refractivity contribution in [3.63, 3.8) is 0 Å². The zero-order valence-corrected chi connectivity index (χ0v) is 14.4. The van der Waals surface area contributed by atoms with Gasteiger partial charge in [-0.3, -0.25) is 4.79 Å². The van der Waals surface area contributed by atoms with Crippen LogP contribution in [0, 0.1) is 0 Å². The Morgan fingerprint density at radius 3 is 2.75 bits per heavy atom. The van der Waals surface area contributed by atoms with Gasteiger partial charge in [-0.25, -0.2) is 4.98 Å². The molecule has 0 aliphatic heterocycles. The molecule has 0 aliphatic rings. The normalized spacial score (nSPS) is 10.6. The molecule has 3 rings (SSSR count). The summed E-state index contributed by atoms with van der Waals surface area (Å²) in [4.78, 5) is 16.8. The third-order valence-corrected chi connectivity index (χ3v) is 4.20. The van der Waals surface area contributed by atoms with Gasteiger partial charge in [0.1, 0.15) is 11.5 Å². The number of nitrogens with one attached hydrogen (secondary N) is 1. The number of amides is 1. The van der Waals surface area contributed by atoms with E-state index in [2.05, 4.69) is 10.3 Å². The van der Waals surface area contributed by atoms with Gasteiger partial charge in [-0.05, 0) is 44.2 Å². The average molecular weight is 342 g/mol. The molecule has 0 fully saturated rings. The first-order chi connectivity index (χ1) is 11.7. The van der Waals surface area contributed by atoms with Gasteiger partial charge in [0.15, 0.2) is 0 Å². The van der Waals surface area contributed by atoms with E-state index in [4.69, 9.17) is 9.47 Å². The van der Waals surface area contributed by atoms with Gasteiger partial charge < -0.3 is 14.8 Å². The Morgan fingerprint density at radius 1 is 1.12 bits per heavy atom. The van der Waals surface area contributed by atoms with Crippen molar-refractivity contribution >= 4 is 33.1 Å². The average Bonchev–Trinajstić information content (AvgIpc) is 3.05. The molecular formula is C18H18N2O3S. The van der Waals surface area contributed by atoms with Gasteiger partial charge in [0, 0.05) is 11.6 Å². The quantitative estimate of drug-likeness (QED) is 0.723. The number of fused-ring (bicyclic) bond motifs is 1. The molecule has 24 heavy (non-hydrogen) atoms. The lowest BCUT2D eigenvalue weighted by Gasteiger charge is -2.13. The molecule has 0 saturated carbocycles. The summed E-state index contributed by atoms with van der Waals surface area (Å²) < 4.78 is 12.1. The SMILES string of the molecule is CCOc1ccc(OCC)c(NC(=O)c2ccc3ncsc3c2)c1. The summed E-state index contributed by atoms with van der Waals surface area (Å²) in [7, 11) is 0. The van der Waals surface area contributed by atoms with E-state index < -0.39 is 0 Å². The monoisotopic (exact) mass is 342 g/mol. The summed E-state index contributed by atoms with van der Waals surface area (Å²) in [6.07, 6.45) is 0. The van der Waals surface area contributed by atoms with Crippen LogP contribution in [0.3, 0.4) is 0 Å². The van der Waals surface area contributed by atoms with Gasteiger partial charge in [-0.1, -0.05) is 0 Å². The van der Waals surface area contributed by atoms with Crippen molar-refractivity contribution in [2.75, 3.05) is 18.5 Å². The highest BCUT2D eigenvalue weighted by Crippen LogP contribution is 2.30. The van der Waals surface area contributed by atoms with Crippen LogP contribution in [0.5, 0.6) is 11.5 Å². The number of nitrogens with zero attached hydrogens (tertiary/aromatic N) is 1. The molecule has 1 amide bonds. The molecule has 6 heteroatoms. The second kappa shape index (κ2) is 7.31. The van der Waals surface area contributed by atoms with Crippen LogP contribution in [0.4, 0.5) is 5.69 Å². The molecule has 5 nitrogen and oxygen atoms in total. The summed E-state index contributed by atoms with van der Waals surface area (Å²) >= 11 is 1.51. The Kier molecular flexibility index (Phi) is 4.96. The molecule has 1 aromatic heterocycles. The maximum Gasteiger partial charge on any atom is 0.255 e. The number of carbonyl (C=O) groups excluding carboxylic acids is 1. The Labute approximate surface area is 144 Å². The molecular weight excluding hydrogens is 324 g/mol. The van der Waals surface area contributed by atoms with Crippen molar-refractivity contribution < 1.29 is 14.3 Å². The molecule has 124 valence electrons. The predicted molar refractivity (Wildman–Crippen MR) is 96.4 cm³/mol. The minimum atomic E-state index is -0.195. The van der Waals surface area contributed by atoms with E-state index in [0.717, 1.165) is 10.2 Å². The number of carbonyl (C=O) groups is 1. The number of ether oxygens (including phenoxy) is 2. The first kappa shape index (κ1) is 16.3. The first-order valence-corrected chi connectivity index (χ1v) is 8.63. The van der Waals surface area contributed by atoms with Crippen LogP contribution in [0.25, 0.3) is 10.2 Å². The van der Waals surface area contributed by atoms with E-state index in [1.807, 2.05) is 32.0 Å². The highest BCUT2D eigenvalue weighted by Gasteiger charge is 2.12. The molecule has 1 N–H and O–H groups in total. The lowest BCUT2D eigenvalue weighted by molar-refractivity contribution is 0.102. The van der Waals surface area contributed by atoms with Gasteiger partial charge >= 0.3 is 0 Å². The van der Waals surface area contributed by atoms with Crippen molar-refractivity contribution in [1.29, 1.82) is 0 Å². The third-order valence-electron chi connectivity index (χ3n) is 3.40. The molecule has 2 aromatic carbocycles. The van der Waals surface area contributed by atoms with Crippen molar-refractivity contribution in [1.82, 2.24) is 4.98 Å². The van der Waals surface area contributed by atoms with Gasteiger partial charge in [0.05, 0.1) is 34.6 Å². The number of thiazole rings is 1. The summed E-state index contributed by atoms with van der Waals surface area (Å²) in [5.74, 6) is 1.11. The number of hydrogen-bond donors (Lipinski definition) is 1.